The minimum absolute atomic E-state index is 0.185. The first-order valence-electron chi connectivity index (χ1n) is 6.21. The second kappa shape index (κ2) is 5.34. The van der Waals surface area contributed by atoms with Crippen LogP contribution in [0.2, 0.25) is 0 Å². The third-order valence-electron chi connectivity index (χ3n) is 3.21. The van der Waals surface area contributed by atoms with Crippen molar-refractivity contribution in [1.82, 2.24) is 19.7 Å². The molecule has 7 heteroatoms. The molecular weight excluding hydrogens is 234 g/mol. The average Bonchev–Trinajstić information content (AvgIpc) is 2.62. The Balaban J connectivity index is 2.23. The third-order valence-corrected chi connectivity index (χ3v) is 3.21. The first-order valence-corrected chi connectivity index (χ1v) is 6.21. The van der Waals surface area contributed by atoms with Gasteiger partial charge in [-0.05, 0) is 19.4 Å². The molecule has 0 aliphatic carbocycles. The molecule has 1 aromatic rings. The zero-order valence-corrected chi connectivity index (χ0v) is 10.8. The van der Waals surface area contributed by atoms with Gasteiger partial charge in [-0.15, -0.1) is 5.10 Å². The van der Waals surface area contributed by atoms with Gasteiger partial charge in [0.25, 0.3) is 5.56 Å². The summed E-state index contributed by atoms with van der Waals surface area (Å²) in [6.07, 6.45) is 3.27. The molecule has 1 saturated heterocycles. The van der Waals surface area contributed by atoms with Gasteiger partial charge < -0.3 is 10.6 Å². The summed E-state index contributed by atoms with van der Waals surface area (Å²) in [6.45, 7) is 1.82. The van der Waals surface area contributed by atoms with Gasteiger partial charge in [0.15, 0.2) is 0 Å². The van der Waals surface area contributed by atoms with E-state index in [4.69, 9.17) is 0 Å². The van der Waals surface area contributed by atoms with Crippen LogP contribution in [0.25, 0.3) is 0 Å². The van der Waals surface area contributed by atoms with Crippen molar-refractivity contribution in [3.63, 3.8) is 0 Å². The monoisotopic (exact) mass is 253 g/mol. The minimum Gasteiger partial charge on any atom is -0.360 e. The summed E-state index contributed by atoms with van der Waals surface area (Å²) < 4.78 is 2.24. The average molecular weight is 253 g/mol. The van der Waals surface area contributed by atoms with Gasteiger partial charge in [0.1, 0.15) is 0 Å². The lowest BCUT2D eigenvalue weighted by Gasteiger charge is -2.17. The lowest BCUT2D eigenvalue weighted by molar-refractivity contribution is 0.584. The quantitative estimate of drug-likeness (QED) is 0.709. The molecule has 100 valence electrons. The van der Waals surface area contributed by atoms with Gasteiger partial charge in [0, 0.05) is 26.7 Å². The molecule has 0 bridgehead atoms. The molecule has 2 heterocycles. The third kappa shape index (κ3) is 2.61. The fourth-order valence-corrected chi connectivity index (χ4v) is 2.12. The predicted octanol–water partition coefficient (Wildman–Crippen LogP) is -0.967. The largest absolute Gasteiger partial charge is 0.360 e. The van der Waals surface area contributed by atoms with E-state index >= 15 is 0 Å². The number of rotatable bonds is 2. The molecule has 1 fully saturated rings. The van der Waals surface area contributed by atoms with Crippen molar-refractivity contribution in [2.45, 2.75) is 25.3 Å². The van der Waals surface area contributed by atoms with Crippen LogP contribution in [-0.4, -0.2) is 33.5 Å². The van der Waals surface area contributed by atoms with E-state index in [0.717, 1.165) is 36.9 Å². The number of hydrogen-bond donors (Lipinski definition) is 2. The van der Waals surface area contributed by atoms with Crippen molar-refractivity contribution >= 4 is 5.82 Å². The standard InChI is InChI=1S/C11H19N5O2/c1-15-10(17)9(14-16(2)11(15)18)13-8-5-3-4-6-12-7-8/h8,12H,3-7H2,1-2H3,(H,13,14). The van der Waals surface area contributed by atoms with E-state index in [2.05, 4.69) is 15.7 Å². The maximum atomic E-state index is 11.9. The van der Waals surface area contributed by atoms with Crippen LogP contribution in [0.3, 0.4) is 0 Å². The Hall–Kier alpha value is -1.63. The highest BCUT2D eigenvalue weighted by atomic mass is 16.2. The molecule has 0 spiro atoms. The highest BCUT2D eigenvalue weighted by molar-refractivity contribution is 5.31. The van der Waals surface area contributed by atoms with Gasteiger partial charge in [-0.1, -0.05) is 6.42 Å². The van der Waals surface area contributed by atoms with Crippen LogP contribution >= 0.6 is 0 Å². The maximum absolute atomic E-state index is 11.9. The predicted molar refractivity (Wildman–Crippen MR) is 68.9 cm³/mol. The first kappa shape index (κ1) is 12.8. The van der Waals surface area contributed by atoms with Gasteiger partial charge in [0.05, 0.1) is 0 Å². The molecule has 2 rings (SSSR count). The normalized spacial score (nSPS) is 20.4. The lowest BCUT2D eigenvalue weighted by atomic mass is 10.1. The molecule has 7 nitrogen and oxygen atoms in total. The second-order valence-electron chi connectivity index (χ2n) is 4.66. The van der Waals surface area contributed by atoms with Crippen molar-refractivity contribution in [3.05, 3.63) is 20.8 Å². The van der Waals surface area contributed by atoms with Crippen LogP contribution in [0.15, 0.2) is 9.59 Å². The second-order valence-corrected chi connectivity index (χ2v) is 4.66. The van der Waals surface area contributed by atoms with Crippen molar-refractivity contribution in [2.24, 2.45) is 14.1 Å². The lowest BCUT2D eigenvalue weighted by Crippen LogP contribution is -2.42. The maximum Gasteiger partial charge on any atom is 0.346 e. The van der Waals surface area contributed by atoms with E-state index in [1.807, 2.05) is 0 Å². The number of aryl methyl sites for hydroxylation is 1. The molecule has 1 aromatic heterocycles. The smallest absolute Gasteiger partial charge is 0.346 e. The molecular formula is C11H19N5O2. The topological polar surface area (TPSA) is 81.0 Å². The Bertz CT molecular complexity index is 525. The number of nitrogens with zero attached hydrogens (tertiary/aromatic N) is 3. The fourth-order valence-electron chi connectivity index (χ4n) is 2.12. The van der Waals surface area contributed by atoms with Crippen LogP contribution in [0.5, 0.6) is 0 Å². The fraction of sp³-hybridized carbons (Fsp3) is 0.727. The minimum atomic E-state index is -0.412. The van der Waals surface area contributed by atoms with E-state index in [0.29, 0.717) is 0 Å². The Morgan fingerprint density at radius 2 is 2.11 bits per heavy atom. The SMILES string of the molecule is Cn1nc(NC2CCCCNC2)c(=O)n(C)c1=O. The molecule has 1 unspecified atom stereocenters. The summed E-state index contributed by atoms with van der Waals surface area (Å²) in [5.74, 6) is 0.244. The molecule has 1 atom stereocenters. The van der Waals surface area contributed by atoms with Crippen LogP contribution in [0.4, 0.5) is 5.82 Å². The highest BCUT2D eigenvalue weighted by Crippen LogP contribution is 2.07. The zero-order chi connectivity index (χ0) is 13.1. The van der Waals surface area contributed by atoms with Crippen LogP contribution < -0.4 is 21.9 Å². The van der Waals surface area contributed by atoms with E-state index in [9.17, 15) is 9.59 Å². The van der Waals surface area contributed by atoms with E-state index in [1.165, 1.54) is 18.8 Å². The molecule has 0 saturated carbocycles. The summed E-state index contributed by atoms with van der Waals surface area (Å²) in [5, 5.41) is 10.4. The summed E-state index contributed by atoms with van der Waals surface area (Å²) in [4.78, 5) is 23.4. The molecule has 1 aliphatic rings. The van der Waals surface area contributed by atoms with Gasteiger partial charge >= 0.3 is 5.69 Å². The number of hydrogen-bond acceptors (Lipinski definition) is 5. The summed E-state index contributed by atoms with van der Waals surface area (Å²) >= 11 is 0. The Kier molecular flexibility index (Phi) is 3.81. The van der Waals surface area contributed by atoms with Gasteiger partial charge in [0.2, 0.25) is 5.82 Å². The van der Waals surface area contributed by atoms with Crippen molar-refractivity contribution in [2.75, 3.05) is 18.4 Å². The molecule has 0 aromatic carbocycles. The molecule has 1 aliphatic heterocycles. The summed E-state index contributed by atoms with van der Waals surface area (Å²) in [5.41, 5.74) is -0.785. The van der Waals surface area contributed by atoms with Crippen LogP contribution in [-0.2, 0) is 14.1 Å². The first-order chi connectivity index (χ1) is 8.59. The van der Waals surface area contributed by atoms with Crippen molar-refractivity contribution < 1.29 is 0 Å². The van der Waals surface area contributed by atoms with Gasteiger partial charge in [-0.25, -0.2) is 9.48 Å². The van der Waals surface area contributed by atoms with Crippen molar-refractivity contribution in [1.29, 1.82) is 0 Å². The number of aromatic nitrogens is 3. The van der Waals surface area contributed by atoms with E-state index < -0.39 is 5.69 Å². The van der Waals surface area contributed by atoms with Crippen molar-refractivity contribution in [3.8, 4) is 0 Å². The zero-order valence-electron chi connectivity index (χ0n) is 10.8. The number of nitrogens with one attached hydrogen (secondary N) is 2. The molecule has 0 radical (unpaired) electrons. The number of anilines is 1. The Labute approximate surface area is 105 Å². The van der Waals surface area contributed by atoms with Gasteiger partial charge in [-0.3, -0.25) is 9.36 Å². The molecule has 2 N–H and O–H groups in total. The molecule has 0 amide bonds. The molecule has 18 heavy (non-hydrogen) atoms. The Morgan fingerprint density at radius 3 is 2.89 bits per heavy atom. The van der Waals surface area contributed by atoms with E-state index in [1.54, 1.807) is 0 Å². The van der Waals surface area contributed by atoms with Crippen LogP contribution in [0.1, 0.15) is 19.3 Å². The van der Waals surface area contributed by atoms with E-state index in [-0.39, 0.29) is 17.4 Å². The summed E-state index contributed by atoms with van der Waals surface area (Å²) in [6, 6.07) is 0.185. The summed E-state index contributed by atoms with van der Waals surface area (Å²) in [7, 11) is 3.00. The van der Waals surface area contributed by atoms with Crippen LogP contribution in [0, 0.1) is 0 Å². The Morgan fingerprint density at radius 1 is 1.33 bits per heavy atom. The highest BCUT2D eigenvalue weighted by Gasteiger charge is 2.15. The van der Waals surface area contributed by atoms with Gasteiger partial charge in [-0.2, -0.15) is 0 Å².